The maximum atomic E-state index is 12.0. The molecule has 0 aliphatic rings. The summed E-state index contributed by atoms with van der Waals surface area (Å²) in [6.45, 7) is 0.102. The van der Waals surface area contributed by atoms with Gasteiger partial charge in [-0.15, -0.1) is 0 Å². The lowest BCUT2D eigenvalue weighted by atomic mass is 10.1. The first-order valence-corrected chi connectivity index (χ1v) is 7.17. The summed E-state index contributed by atoms with van der Waals surface area (Å²) < 4.78 is 0.844. The molecule has 0 saturated heterocycles. The van der Waals surface area contributed by atoms with Crippen LogP contribution in [0, 0.1) is 0 Å². The molecule has 21 heavy (non-hydrogen) atoms. The standard InChI is InChI=1S/C16H14BrNO3/c17-14-7-5-11(6-8-14)15(20)16(21)18-9-12-3-1-2-4-13(12)10-19/h1-8,19H,9-10H2,(H,18,21). The molecule has 0 aromatic heterocycles. The Morgan fingerprint density at radius 2 is 1.62 bits per heavy atom. The molecule has 0 aliphatic carbocycles. The van der Waals surface area contributed by atoms with Gasteiger partial charge in [-0.05, 0) is 35.4 Å². The van der Waals surface area contributed by atoms with Gasteiger partial charge in [-0.25, -0.2) is 0 Å². The summed E-state index contributed by atoms with van der Waals surface area (Å²) in [6.07, 6.45) is 0. The number of benzene rings is 2. The highest BCUT2D eigenvalue weighted by Gasteiger charge is 2.15. The number of carbonyl (C=O) groups excluding carboxylic acids is 2. The fourth-order valence-electron chi connectivity index (χ4n) is 1.87. The minimum Gasteiger partial charge on any atom is -0.392 e. The fourth-order valence-corrected chi connectivity index (χ4v) is 2.14. The summed E-state index contributed by atoms with van der Waals surface area (Å²) in [6, 6.07) is 13.8. The van der Waals surface area contributed by atoms with Crippen molar-refractivity contribution in [1.29, 1.82) is 0 Å². The second-order valence-electron chi connectivity index (χ2n) is 4.45. The quantitative estimate of drug-likeness (QED) is 0.644. The van der Waals surface area contributed by atoms with Gasteiger partial charge in [0.25, 0.3) is 5.91 Å². The number of carbonyl (C=O) groups is 2. The minimum absolute atomic E-state index is 0.104. The van der Waals surface area contributed by atoms with E-state index in [9.17, 15) is 14.7 Å². The van der Waals surface area contributed by atoms with Crippen LogP contribution in [0.4, 0.5) is 0 Å². The highest BCUT2D eigenvalue weighted by Crippen LogP contribution is 2.11. The molecule has 0 heterocycles. The number of ketones is 1. The van der Waals surface area contributed by atoms with Crippen LogP contribution in [-0.2, 0) is 17.9 Å². The van der Waals surface area contributed by atoms with E-state index in [0.717, 1.165) is 15.6 Å². The van der Waals surface area contributed by atoms with Crippen molar-refractivity contribution in [2.75, 3.05) is 0 Å². The Labute approximate surface area is 130 Å². The van der Waals surface area contributed by atoms with Gasteiger partial charge in [-0.1, -0.05) is 40.2 Å². The number of aliphatic hydroxyl groups is 1. The van der Waals surface area contributed by atoms with Crippen molar-refractivity contribution in [3.8, 4) is 0 Å². The summed E-state index contributed by atoms with van der Waals surface area (Å²) in [4.78, 5) is 23.8. The lowest BCUT2D eigenvalue weighted by molar-refractivity contribution is -0.117. The molecular formula is C16H14BrNO3. The molecule has 2 rings (SSSR count). The van der Waals surface area contributed by atoms with Crippen molar-refractivity contribution in [2.24, 2.45) is 0 Å². The number of aliphatic hydroxyl groups excluding tert-OH is 1. The van der Waals surface area contributed by atoms with Gasteiger partial charge < -0.3 is 10.4 Å². The van der Waals surface area contributed by atoms with Gasteiger partial charge in [0.15, 0.2) is 0 Å². The first-order valence-electron chi connectivity index (χ1n) is 6.37. The Morgan fingerprint density at radius 1 is 1.00 bits per heavy atom. The largest absolute Gasteiger partial charge is 0.392 e. The van der Waals surface area contributed by atoms with Crippen LogP contribution < -0.4 is 5.32 Å². The third-order valence-corrected chi connectivity index (χ3v) is 3.57. The van der Waals surface area contributed by atoms with Crippen molar-refractivity contribution >= 4 is 27.6 Å². The average Bonchev–Trinajstić information content (AvgIpc) is 2.52. The number of halogens is 1. The van der Waals surface area contributed by atoms with Crippen molar-refractivity contribution in [2.45, 2.75) is 13.2 Å². The maximum Gasteiger partial charge on any atom is 0.292 e. The Balaban J connectivity index is 2.01. The molecule has 2 aromatic rings. The van der Waals surface area contributed by atoms with Crippen LogP contribution in [0.2, 0.25) is 0 Å². The lowest BCUT2D eigenvalue weighted by Gasteiger charge is -2.08. The Kier molecular flexibility index (Phi) is 5.25. The molecule has 0 fully saturated rings. The Morgan fingerprint density at radius 3 is 2.24 bits per heavy atom. The van der Waals surface area contributed by atoms with Crippen molar-refractivity contribution in [1.82, 2.24) is 5.32 Å². The van der Waals surface area contributed by atoms with Gasteiger partial charge in [0.05, 0.1) is 6.61 Å². The molecule has 0 spiro atoms. The van der Waals surface area contributed by atoms with Gasteiger partial charge in [0.1, 0.15) is 0 Å². The number of rotatable bonds is 5. The monoisotopic (exact) mass is 347 g/mol. The zero-order chi connectivity index (χ0) is 15.2. The Hall–Kier alpha value is -1.98. The second-order valence-corrected chi connectivity index (χ2v) is 5.36. The molecule has 1 amide bonds. The molecular weight excluding hydrogens is 334 g/mol. The molecule has 2 N–H and O–H groups in total. The van der Waals surface area contributed by atoms with Crippen LogP contribution in [0.1, 0.15) is 21.5 Å². The van der Waals surface area contributed by atoms with Crippen LogP contribution in [0.3, 0.4) is 0 Å². The second kappa shape index (κ2) is 7.15. The molecule has 0 unspecified atom stereocenters. The Bertz CT molecular complexity index is 653. The molecule has 0 aliphatic heterocycles. The van der Waals surface area contributed by atoms with Crippen LogP contribution in [0.15, 0.2) is 53.0 Å². The third-order valence-electron chi connectivity index (χ3n) is 3.04. The van der Waals surface area contributed by atoms with Crippen molar-refractivity contribution in [3.63, 3.8) is 0 Å². The van der Waals surface area contributed by atoms with Gasteiger partial charge in [-0.2, -0.15) is 0 Å². The summed E-state index contributed by atoms with van der Waals surface area (Å²) in [7, 11) is 0. The molecule has 5 heteroatoms. The first-order chi connectivity index (χ1) is 10.1. The highest BCUT2D eigenvalue weighted by atomic mass is 79.9. The number of amides is 1. The average molecular weight is 348 g/mol. The predicted molar refractivity (Wildman–Crippen MR) is 82.7 cm³/mol. The molecule has 0 radical (unpaired) electrons. The minimum atomic E-state index is -0.662. The third kappa shape index (κ3) is 4.00. The van der Waals surface area contributed by atoms with E-state index >= 15 is 0 Å². The zero-order valence-corrected chi connectivity index (χ0v) is 12.8. The molecule has 108 valence electrons. The van der Waals surface area contributed by atoms with E-state index in [-0.39, 0.29) is 13.2 Å². The highest BCUT2D eigenvalue weighted by molar-refractivity contribution is 9.10. The van der Waals surface area contributed by atoms with E-state index in [4.69, 9.17) is 0 Å². The van der Waals surface area contributed by atoms with Crippen LogP contribution in [-0.4, -0.2) is 16.8 Å². The van der Waals surface area contributed by atoms with E-state index in [1.54, 1.807) is 36.4 Å². The van der Waals surface area contributed by atoms with Gasteiger partial charge >= 0.3 is 0 Å². The van der Waals surface area contributed by atoms with E-state index in [1.807, 2.05) is 12.1 Å². The smallest absolute Gasteiger partial charge is 0.292 e. The predicted octanol–water partition coefficient (Wildman–Crippen LogP) is 2.44. The fraction of sp³-hybridized carbons (Fsp3) is 0.125. The van der Waals surface area contributed by atoms with Crippen molar-refractivity contribution in [3.05, 3.63) is 69.7 Å². The van der Waals surface area contributed by atoms with Crippen LogP contribution >= 0.6 is 15.9 Å². The van der Waals surface area contributed by atoms with Crippen molar-refractivity contribution < 1.29 is 14.7 Å². The first kappa shape index (κ1) is 15.4. The maximum absolute atomic E-state index is 12.0. The normalized spacial score (nSPS) is 10.2. The summed E-state index contributed by atoms with van der Waals surface area (Å²) in [5, 5.41) is 11.8. The number of hydrogen-bond acceptors (Lipinski definition) is 3. The molecule has 4 nitrogen and oxygen atoms in total. The number of nitrogens with one attached hydrogen (secondary N) is 1. The lowest BCUT2D eigenvalue weighted by Crippen LogP contribution is -2.30. The molecule has 2 aromatic carbocycles. The van der Waals surface area contributed by atoms with E-state index in [2.05, 4.69) is 21.2 Å². The molecule has 0 atom stereocenters. The van der Waals surface area contributed by atoms with E-state index in [0.29, 0.717) is 5.56 Å². The summed E-state index contributed by atoms with van der Waals surface area (Å²) in [5.41, 5.74) is 1.86. The topological polar surface area (TPSA) is 66.4 Å². The van der Waals surface area contributed by atoms with E-state index in [1.165, 1.54) is 0 Å². The van der Waals surface area contributed by atoms with Gasteiger partial charge in [-0.3, -0.25) is 9.59 Å². The van der Waals surface area contributed by atoms with E-state index < -0.39 is 11.7 Å². The molecule has 0 bridgehead atoms. The summed E-state index contributed by atoms with van der Waals surface area (Å²) >= 11 is 3.27. The zero-order valence-electron chi connectivity index (χ0n) is 11.2. The number of Topliss-reactive ketones (excluding diaryl/α,β-unsaturated/α-hetero) is 1. The van der Waals surface area contributed by atoms with Gasteiger partial charge in [0, 0.05) is 16.6 Å². The van der Waals surface area contributed by atoms with Gasteiger partial charge in [0.2, 0.25) is 5.78 Å². The summed E-state index contributed by atoms with van der Waals surface area (Å²) in [5.74, 6) is -1.24. The number of hydrogen-bond donors (Lipinski definition) is 2. The molecule has 0 saturated carbocycles. The van der Waals surface area contributed by atoms with Crippen LogP contribution in [0.25, 0.3) is 0 Å². The SMILES string of the molecule is O=C(NCc1ccccc1CO)C(=O)c1ccc(Br)cc1. The van der Waals surface area contributed by atoms with Crippen LogP contribution in [0.5, 0.6) is 0 Å².